The van der Waals surface area contributed by atoms with Gasteiger partial charge in [0.1, 0.15) is 0 Å². The van der Waals surface area contributed by atoms with Gasteiger partial charge in [-0.15, -0.1) is 11.8 Å². The van der Waals surface area contributed by atoms with Gasteiger partial charge in [-0.05, 0) is 42.8 Å². The molecule has 0 radical (unpaired) electrons. The number of nitrogens with zero attached hydrogens (tertiary/aromatic N) is 1. The predicted octanol–water partition coefficient (Wildman–Crippen LogP) is 6.63. The SMILES string of the molecule is C/C(=N/c1ccc(Cl)cc1Cl)SCc1ccc(Cl)cc1. The summed E-state index contributed by atoms with van der Waals surface area (Å²) in [5, 5.41) is 2.87. The summed E-state index contributed by atoms with van der Waals surface area (Å²) in [4.78, 5) is 4.50. The Morgan fingerprint density at radius 3 is 2.30 bits per heavy atom. The van der Waals surface area contributed by atoms with Crippen LogP contribution in [0.25, 0.3) is 0 Å². The Kier molecular flexibility index (Phi) is 5.79. The first kappa shape index (κ1) is 15.7. The van der Waals surface area contributed by atoms with Crippen LogP contribution in [0, 0.1) is 0 Å². The Balaban J connectivity index is 2.02. The summed E-state index contributed by atoms with van der Waals surface area (Å²) < 4.78 is 0. The Morgan fingerprint density at radius 1 is 1.00 bits per heavy atom. The van der Waals surface area contributed by atoms with E-state index in [2.05, 4.69) is 4.99 Å². The van der Waals surface area contributed by atoms with Crippen molar-refractivity contribution in [3.63, 3.8) is 0 Å². The van der Waals surface area contributed by atoms with Crippen molar-refractivity contribution in [1.29, 1.82) is 0 Å². The van der Waals surface area contributed by atoms with Crippen LogP contribution >= 0.6 is 46.6 Å². The van der Waals surface area contributed by atoms with Crippen molar-refractivity contribution in [2.45, 2.75) is 12.7 Å². The molecule has 20 heavy (non-hydrogen) atoms. The van der Waals surface area contributed by atoms with E-state index >= 15 is 0 Å². The summed E-state index contributed by atoms with van der Waals surface area (Å²) in [6, 6.07) is 13.1. The normalized spacial score (nSPS) is 11.7. The highest BCUT2D eigenvalue weighted by atomic mass is 35.5. The predicted molar refractivity (Wildman–Crippen MR) is 92.0 cm³/mol. The number of benzene rings is 2. The molecule has 0 N–H and O–H groups in total. The number of rotatable bonds is 3. The minimum atomic E-state index is 0.559. The van der Waals surface area contributed by atoms with Crippen LogP contribution < -0.4 is 0 Å². The first-order valence-corrected chi connectivity index (χ1v) is 8.04. The lowest BCUT2D eigenvalue weighted by Gasteiger charge is -2.03. The van der Waals surface area contributed by atoms with Crippen molar-refractivity contribution in [1.82, 2.24) is 0 Å². The molecule has 1 nitrogen and oxygen atoms in total. The van der Waals surface area contributed by atoms with Gasteiger partial charge in [0.25, 0.3) is 0 Å². The molecule has 2 rings (SSSR count). The molecule has 2 aromatic rings. The number of aliphatic imine (C=N–C) groups is 1. The summed E-state index contributed by atoms with van der Waals surface area (Å²) in [6.45, 7) is 1.96. The molecule has 5 heteroatoms. The minimum absolute atomic E-state index is 0.559. The molecule has 0 heterocycles. The Morgan fingerprint density at radius 2 is 1.65 bits per heavy atom. The molecule has 0 saturated carbocycles. The van der Waals surface area contributed by atoms with Gasteiger partial charge in [-0.2, -0.15) is 0 Å². The molecule has 0 aliphatic carbocycles. The number of halogens is 3. The second-order valence-electron chi connectivity index (χ2n) is 4.14. The van der Waals surface area contributed by atoms with E-state index in [0.717, 1.165) is 21.5 Å². The van der Waals surface area contributed by atoms with Crippen LogP contribution in [0.4, 0.5) is 5.69 Å². The number of hydrogen-bond donors (Lipinski definition) is 0. The van der Waals surface area contributed by atoms with Gasteiger partial charge >= 0.3 is 0 Å². The van der Waals surface area contributed by atoms with Crippen LogP contribution in [0.2, 0.25) is 15.1 Å². The van der Waals surface area contributed by atoms with Gasteiger partial charge in [0.05, 0.1) is 15.8 Å². The molecule has 0 atom stereocenters. The second-order valence-corrected chi connectivity index (χ2v) is 6.59. The average molecular weight is 345 g/mol. The maximum Gasteiger partial charge on any atom is 0.0826 e. The van der Waals surface area contributed by atoms with Crippen LogP contribution in [0.5, 0.6) is 0 Å². The van der Waals surface area contributed by atoms with Gasteiger partial charge in [-0.25, -0.2) is 4.99 Å². The fraction of sp³-hybridized carbons (Fsp3) is 0.133. The van der Waals surface area contributed by atoms with Crippen molar-refractivity contribution in [3.8, 4) is 0 Å². The van der Waals surface area contributed by atoms with Crippen molar-refractivity contribution in [2.75, 3.05) is 0 Å². The Hall–Kier alpha value is -0.670. The zero-order chi connectivity index (χ0) is 14.5. The number of hydrogen-bond acceptors (Lipinski definition) is 2. The third-order valence-electron chi connectivity index (χ3n) is 2.55. The highest BCUT2D eigenvalue weighted by Crippen LogP contribution is 2.29. The number of thioether (sulfide) groups is 1. The molecule has 0 saturated heterocycles. The van der Waals surface area contributed by atoms with E-state index < -0.39 is 0 Å². The van der Waals surface area contributed by atoms with Gasteiger partial charge < -0.3 is 0 Å². The molecule has 0 aliphatic rings. The molecule has 2 aromatic carbocycles. The van der Waals surface area contributed by atoms with E-state index in [1.807, 2.05) is 37.3 Å². The van der Waals surface area contributed by atoms with Crippen LogP contribution in [-0.2, 0) is 5.75 Å². The Bertz CT molecular complexity index is 624. The maximum absolute atomic E-state index is 6.09. The Labute approximate surface area is 138 Å². The lowest BCUT2D eigenvalue weighted by Crippen LogP contribution is -1.87. The standard InChI is InChI=1S/C15H12Cl3NS/c1-10(19-15-7-6-13(17)8-14(15)18)20-9-11-2-4-12(16)5-3-11/h2-8H,9H2,1H3/b19-10-. The van der Waals surface area contributed by atoms with Crippen LogP contribution in [0.15, 0.2) is 47.5 Å². The van der Waals surface area contributed by atoms with Crippen molar-refractivity contribution >= 4 is 57.3 Å². The highest BCUT2D eigenvalue weighted by molar-refractivity contribution is 8.13. The van der Waals surface area contributed by atoms with E-state index in [-0.39, 0.29) is 0 Å². The molecular formula is C15H12Cl3NS. The fourth-order valence-corrected chi connectivity index (χ4v) is 2.85. The fourth-order valence-electron chi connectivity index (χ4n) is 1.54. The molecule has 0 bridgehead atoms. The summed E-state index contributed by atoms with van der Waals surface area (Å²) in [6.07, 6.45) is 0. The second kappa shape index (κ2) is 7.37. The summed E-state index contributed by atoms with van der Waals surface area (Å²) in [5.41, 5.74) is 1.94. The quantitative estimate of drug-likeness (QED) is 0.449. The largest absolute Gasteiger partial charge is 0.245 e. The van der Waals surface area contributed by atoms with Crippen LogP contribution in [-0.4, -0.2) is 5.04 Å². The molecule has 0 fully saturated rings. The zero-order valence-corrected chi connectivity index (χ0v) is 13.8. The van der Waals surface area contributed by atoms with Gasteiger partial charge in [0.15, 0.2) is 0 Å². The highest BCUT2D eigenvalue weighted by Gasteiger charge is 2.02. The molecule has 0 amide bonds. The molecule has 0 unspecified atom stereocenters. The van der Waals surface area contributed by atoms with E-state index in [4.69, 9.17) is 34.8 Å². The van der Waals surface area contributed by atoms with Crippen LogP contribution in [0.3, 0.4) is 0 Å². The van der Waals surface area contributed by atoms with Gasteiger partial charge in [0, 0.05) is 15.8 Å². The van der Waals surface area contributed by atoms with Crippen LogP contribution in [0.1, 0.15) is 12.5 Å². The summed E-state index contributed by atoms with van der Waals surface area (Å²) in [7, 11) is 0. The monoisotopic (exact) mass is 343 g/mol. The molecule has 0 aliphatic heterocycles. The van der Waals surface area contributed by atoms with E-state index in [9.17, 15) is 0 Å². The smallest absolute Gasteiger partial charge is 0.0826 e. The molecule has 0 aromatic heterocycles. The topological polar surface area (TPSA) is 12.4 Å². The van der Waals surface area contributed by atoms with E-state index in [0.29, 0.717) is 10.0 Å². The van der Waals surface area contributed by atoms with Crippen molar-refractivity contribution < 1.29 is 0 Å². The van der Waals surface area contributed by atoms with Gasteiger partial charge in [-0.1, -0.05) is 46.9 Å². The lowest BCUT2D eigenvalue weighted by atomic mass is 10.2. The summed E-state index contributed by atoms with van der Waals surface area (Å²) >= 11 is 19.5. The van der Waals surface area contributed by atoms with Gasteiger partial charge in [-0.3, -0.25) is 0 Å². The van der Waals surface area contributed by atoms with Gasteiger partial charge in [0.2, 0.25) is 0 Å². The minimum Gasteiger partial charge on any atom is -0.245 e. The summed E-state index contributed by atoms with van der Waals surface area (Å²) in [5.74, 6) is 0.845. The van der Waals surface area contributed by atoms with Crippen molar-refractivity contribution in [2.24, 2.45) is 4.99 Å². The third-order valence-corrected chi connectivity index (χ3v) is 4.33. The van der Waals surface area contributed by atoms with E-state index in [1.165, 1.54) is 5.56 Å². The molecule has 104 valence electrons. The first-order chi connectivity index (χ1) is 9.54. The third kappa shape index (κ3) is 4.71. The average Bonchev–Trinajstić information content (AvgIpc) is 2.41. The van der Waals surface area contributed by atoms with Crippen molar-refractivity contribution in [3.05, 3.63) is 63.1 Å². The maximum atomic E-state index is 6.09. The first-order valence-electron chi connectivity index (χ1n) is 5.92. The van der Waals surface area contributed by atoms with E-state index in [1.54, 1.807) is 23.9 Å². The molecular weight excluding hydrogens is 333 g/mol. The zero-order valence-electron chi connectivity index (χ0n) is 10.7. The molecule has 0 spiro atoms. The lowest BCUT2D eigenvalue weighted by molar-refractivity contribution is 1.42.